The maximum Gasteiger partial charge on any atom is 0.251 e. The van der Waals surface area contributed by atoms with Crippen molar-refractivity contribution in [2.24, 2.45) is 0 Å². The smallest absolute Gasteiger partial charge is 0.251 e. The standard InChI is InChI=1S/C17H15BrClNO/c18-14-5-1-11(2-6-14)9-16(19)13-4-3-12-7-8-20-17(21)15(12)10-13/h1-6,10,16H,7-9H2,(H,20,21). The van der Waals surface area contributed by atoms with Crippen molar-refractivity contribution < 1.29 is 4.79 Å². The van der Waals surface area contributed by atoms with E-state index in [0.717, 1.165) is 34.0 Å². The molecule has 0 aliphatic carbocycles. The lowest BCUT2D eigenvalue weighted by Crippen LogP contribution is -2.31. The monoisotopic (exact) mass is 363 g/mol. The van der Waals surface area contributed by atoms with E-state index in [4.69, 9.17) is 11.6 Å². The maximum absolute atomic E-state index is 11.9. The first-order valence-corrected chi connectivity index (χ1v) is 8.16. The fourth-order valence-corrected chi connectivity index (χ4v) is 3.15. The summed E-state index contributed by atoms with van der Waals surface area (Å²) < 4.78 is 1.06. The molecule has 2 nitrogen and oxygen atoms in total. The molecular formula is C17H15BrClNO. The summed E-state index contributed by atoms with van der Waals surface area (Å²) >= 11 is 9.95. The van der Waals surface area contributed by atoms with E-state index in [1.54, 1.807) is 0 Å². The Hall–Kier alpha value is -1.32. The molecule has 0 bridgehead atoms. The van der Waals surface area contributed by atoms with Gasteiger partial charge in [0.15, 0.2) is 0 Å². The molecule has 2 aromatic carbocycles. The molecular weight excluding hydrogens is 350 g/mol. The highest BCUT2D eigenvalue weighted by Gasteiger charge is 2.19. The van der Waals surface area contributed by atoms with Crippen molar-refractivity contribution in [3.63, 3.8) is 0 Å². The van der Waals surface area contributed by atoms with Crippen LogP contribution in [0.2, 0.25) is 0 Å². The molecule has 1 amide bonds. The van der Waals surface area contributed by atoms with Crippen molar-refractivity contribution in [3.05, 3.63) is 69.2 Å². The molecule has 0 fully saturated rings. The minimum atomic E-state index is -0.133. The van der Waals surface area contributed by atoms with E-state index < -0.39 is 0 Å². The van der Waals surface area contributed by atoms with Crippen LogP contribution in [0.5, 0.6) is 0 Å². The number of fused-ring (bicyclic) bond motifs is 1. The summed E-state index contributed by atoms with van der Waals surface area (Å²) in [4.78, 5) is 11.9. The summed E-state index contributed by atoms with van der Waals surface area (Å²) in [5.41, 5.74) is 4.05. The summed E-state index contributed by atoms with van der Waals surface area (Å²) in [6.07, 6.45) is 1.64. The second kappa shape index (κ2) is 6.20. The highest BCUT2D eigenvalue weighted by Crippen LogP contribution is 2.28. The van der Waals surface area contributed by atoms with E-state index in [1.807, 2.05) is 30.3 Å². The van der Waals surface area contributed by atoms with Gasteiger partial charge in [-0.1, -0.05) is 40.2 Å². The predicted octanol–water partition coefficient (Wildman–Crippen LogP) is 4.26. The van der Waals surface area contributed by atoms with Crippen LogP contribution in [0.4, 0.5) is 0 Å². The van der Waals surface area contributed by atoms with E-state index in [-0.39, 0.29) is 11.3 Å². The van der Waals surface area contributed by atoms with Crippen LogP contribution < -0.4 is 5.32 Å². The predicted molar refractivity (Wildman–Crippen MR) is 88.9 cm³/mol. The molecule has 0 radical (unpaired) electrons. The van der Waals surface area contributed by atoms with E-state index in [0.29, 0.717) is 6.54 Å². The SMILES string of the molecule is O=C1NCCc2ccc(C(Cl)Cc3ccc(Br)cc3)cc21. The molecule has 0 spiro atoms. The number of hydrogen-bond acceptors (Lipinski definition) is 1. The van der Waals surface area contributed by atoms with E-state index in [9.17, 15) is 4.79 Å². The molecule has 0 saturated heterocycles. The van der Waals surface area contributed by atoms with Crippen molar-refractivity contribution in [2.45, 2.75) is 18.2 Å². The number of halogens is 2. The van der Waals surface area contributed by atoms with Crippen LogP contribution in [0, 0.1) is 0 Å². The number of alkyl halides is 1. The molecule has 0 saturated carbocycles. The van der Waals surface area contributed by atoms with Crippen molar-refractivity contribution in [2.75, 3.05) is 6.54 Å². The molecule has 21 heavy (non-hydrogen) atoms. The Morgan fingerprint density at radius 3 is 2.71 bits per heavy atom. The summed E-state index contributed by atoms with van der Waals surface area (Å²) in [6, 6.07) is 14.1. The number of carbonyl (C=O) groups excluding carboxylic acids is 1. The number of rotatable bonds is 3. The highest BCUT2D eigenvalue weighted by molar-refractivity contribution is 9.10. The lowest BCUT2D eigenvalue weighted by molar-refractivity contribution is 0.0946. The number of hydrogen-bond donors (Lipinski definition) is 1. The van der Waals surface area contributed by atoms with E-state index >= 15 is 0 Å². The first-order chi connectivity index (χ1) is 10.1. The van der Waals surface area contributed by atoms with Crippen LogP contribution >= 0.6 is 27.5 Å². The van der Waals surface area contributed by atoms with Gasteiger partial charge in [-0.2, -0.15) is 0 Å². The van der Waals surface area contributed by atoms with Crippen molar-refractivity contribution in [1.29, 1.82) is 0 Å². The van der Waals surface area contributed by atoms with Gasteiger partial charge in [-0.3, -0.25) is 4.79 Å². The van der Waals surface area contributed by atoms with Gasteiger partial charge in [-0.15, -0.1) is 11.6 Å². The molecule has 1 aliphatic heterocycles. The molecule has 1 atom stereocenters. The first kappa shape index (κ1) is 14.6. The lowest BCUT2D eigenvalue weighted by Gasteiger charge is -2.18. The third-order valence-corrected chi connectivity index (χ3v) is 4.68. The topological polar surface area (TPSA) is 29.1 Å². The van der Waals surface area contributed by atoms with E-state index in [2.05, 4.69) is 33.4 Å². The Morgan fingerprint density at radius 1 is 1.19 bits per heavy atom. The minimum Gasteiger partial charge on any atom is -0.352 e. The molecule has 1 heterocycles. The normalized spacial score (nSPS) is 15.2. The molecule has 4 heteroatoms. The second-order valence-corrected chi connectivity index (χ2v) is 6.66. The number of carbonyl (C=O) groups is 1. The van der Waals surface area contributed by atoms with Gasteiger partial charge in [0.05, 0.1) is 5.38 Å². The van der Waals surface area contributed by atoms with Gasteiger partial charge in [0.25, 0.3) is 5.91 Å². The zero-order chi connectivity index (χ0) is 14.8. The third kappa shape index (κ3) is 3.30. The zero-order valence-electron chi connectivity index (χ0n) is 11.4. The van der Waals surface area contributed by atoms with Crippen LogP contribution in [0.15, 0.2) is 46.9 Å². The molecule has 108 valence electrons. The molecule has 3 rings (SSSR count). The fourth-order valence-electron chi connectivity index (χ4n) is 2.57. The summed E-state index contributed by atoms with van der Waals surface area (Å²) in [5, 5.41) is 2.74. The van der Waals surface area contributed by atoms with Crippen molar-refractivity contribution in [1.82, 2.24) is 5.32 Å². The Bertz CT molecular complexity index is 669. The van der Waals surface area contributed by atoms with Crippen LogP contribution in [0.1, 0.15) is 32.4 Å². The van der Waals surface area contributed by atoms with Gasteiger partial charge in [-0.05, 0) is 47.7 Å². The van der Waals surface area contributed by atoms with Gasteiger partial charge in [0.2, 0.25) is 0 Å². The summed E-state index contributed by atoms with van der Waals surface area (Å²) in [5.74, 6) is 0.00519. The molecule has 2 aromatic rings. The first-order valence-electron chi connectivity index (χ1n) is 6.93. The van der Waals surface area contributed by atoms with Crippen molar-refractivity contribution >= 4 is 33.4 Å². The van der Waals surface area contributed by atoms with Gasteiger partial charge in [-0.25, -0.2) is 0 Å². The Labute approximate surface area is 137 Å². The quantitative estimate of drug-likeness (QED) is 0.810. The lowest BCUT2D eigenvalue weighted by atomic mass is 9.95. The Balaban J connectivity index is 1.81. The molecule has 1 aliphatic rings. The van der Waals surface area contributed by atoms with Gasteiger partial charge in [0.1, 0.15) is 0 Å². The molecule has 0 aromatic heterocycles. The van der Waals surface area contributed by atoms with Crippen LogP contribution in [0.3, 0.4) is 0 Å². The maximum atomic E-state index is 11.9. The van der Waals surface area contributed by atoms with Crippen molar-refractivity contribution in [3.8, 4) is 0 Å². The number of benzene rings is 2. The van der Waals surface area contributed by atoms with Crippen LogP contribution in [-0.2, 0) is 12.8 Å². The van der Waals surface area contributed by atoms with Crippen LogP contribution in [-0.4, -0.2) is 12.5 Å². The fraction of sp³-hybridized carbons (Fsp3) is 0.235. The summed E-state index contributed by atoms with van der Waals surface area (Å²) in [6.45, 7) is 0.717. The zero-order valence-corrected chi connectivity index (χ0v) is 13.7. The average Bonchev–Trinajstić information content (AvgIpc) is 2.50. The average molecular weight is 365 g/mol. The second-order valence-electron chi connectivity index (χ2n) is 5.22. The third-order valence-electron chi connectivity index (χ3n) is 3.75. The Morgan fingerprint density at radius 2 is 1.95 bits per heavy atom. The highest BCUT2D eigenvalue weighted by atomic mass is 79.9. The van der Waals surface area contributed by atoms with Gasteiger partial charge >= 0.3 is 0 Å². The molecule has 1 unspecified atom stereocenters. The number of nitrogens with one attached hydrogen (secondary N) is 1. The van der Waals surface area contributed by atoms with Gasteiger partial charge in [0, 0.05) is 16.6 Å². The summed E-state index contributed by atoms with van der Waals surface area (Å²) in [7, 11) is 0. The van der Waals surface area contributed by atoms with Crippen LogP contribution in [0.25, 0.3) is 0 Å². The van der Waals surface area contributed by atoms with Gasteiger partial charge < -0.3 is 5.32 Å². The van der Waals surface area contributed by atoms with E-state index in [1.165, 1.54) is 5.56 Å². The molecule has 1 N–H and O–H groups in total. The number of amides is 1. The largest absolute Gasteiger partial charge is 0.352 e. The Kier molecular flexibility index (Phi) is 4.32. The minimum absolute atomic E-state index is 0.00519.